The van der Waals surface area contributed by atoms with Gasteiger partial charge >= 0.3 is 0 Å². The molecule has 110 valence electrons. The first-order valence-corrected chi connectivity index (χ1v) is 8.29. The van der Waals surface area contributed by atoms with Crippen LogP contribution < -0.4 is 0 Å². The second-order valence-electron chi connectivity index (χ2n) is 7.42. The van der Waals surface area contributed by atoms with Gasteiger partial charge in [-0.1, -0.05) is 56.3 Å². The zero-order valence-electron chi connectivity index (χ0n) is 12.9. The molecule has 0 heterocycles. The van der Waals surface area contributed by atoms with E-state index in [1.807, 2.05) is 0 Å². The minimum Gasteiger partial charge on any atom is -0.393 e. The van der Waals surface area contributed by atoms with E-state index < -0.39 is 0 Å². The quantitative estimate of drug-likeness (QED) is 0.857. The third-order valence-electron chi connectivity index (χ3n) is 6.31. The molecule has 4 unspecified atom stereocenters. The van der Waals surface area contributed by atoms with E-state index in [1.165, 1.54) is 22.8 Å². The fourth-order valence-corrected chi connectivity index (χ4v) is 5.32. The molecule has 1 N–H and O–H groups in total. The van der Waals surface area contributed by atoms with Gasteiger partial charge in [-0.3, -0.25) is 0 Å². The first-order chi connectivity index (χ1) is 10.1. The second-order valence-corrected chi connectivity index (χ2v) is 7.42. The monoisotopic (exact) mass is 280 g/mol. The maximum Gasteiger partial charge on any atom is 0.0571 e. The molecule has 2 saturated carbocycles. The van der Waals surface area contributed by atoms with Crippen LogP contribution in [0.4, 0.5) is 0 Å². The predicted molar refractivity (Wildman–Crippen MR) is 87.3 cm³/mol. The van der Waals surface area contributed by atoms with E-state index in [0.29, 0.717) is 17.8 Å². The van der Waals surface area contributed by atoms with E-state index >= 15 is 0 Å². The summed E-state index contributed by atoms with van der Waals surface area (Å²) in [6.07, 6.45) is 3.30. The van der Waals surface area contributed by atoms with Crippen LogP contribution in [0.1, 0.15) is 38.7 Å². The van der Waals surface area contributed by atoms with Crippen LogP contribution in [-0.4, -0.2) is 11.2 Å². The highest BCUT2D eigenvalue weighted by Gasteiger charge is 2.56. The zero-order valence-corrected chi connectivity index (χ0v) is 12.9. The van der Waals surface area contributed by atoms with Gasteiger partial charge in [-0.25, -0.2) is 0 Å². The van der Waals surface area contributed by atoms with E-state index in [1.54, 1.807) is 0 Å². The van der Waals surface area contributed by atoms with Crippen molar-refractivity contribution in [1.29, 1.82) is 0 Å². The van der Waals surface area contributed by atoms with Crippen molar-refractivity contribution in [3.05, 3.63) is 48.0 Å². The molecule has 2 bridgehead atoms. The predicted octanol–water partition coefficient (Wildman–Crippen LogP) is 4.52. The Morgan fingerprint density at radius 3 is 2.48 bits per heavy atom. The van der Waals surface area contributed by atoms with E-state index in [2.05, 4.69) is 56.3 Å². The molecular weight excluding hydrogens is 256 g/mol. The normalized spacial score (nSPS) is 35.0. The minimum absolute atomic E-state index is 0.0585. The van der Waals surface area contributed by atoms with Gasteiger partial charge in [0, 0.05) is 5.41 Å². The molecule has 0 amide bonds. The van der Waals surface area contributed by atoms with Crippen molar-refractivity contribution in [2.45, 2.75) is 44.6 Å². The van der Waals surface area contributed by atoms with Crippen molar-refractivity contribution in [2.75, 3.05) is 0 Å². The van der Waals surface area contributed by atoms with Gasteiger partial charge in [0.15, 0.2) is 0 Å². The Labute approximate surface area is 127 Å². The van der Waals surface area contributed by atoms with E-state index in [0.717, 1.165) is 12.8 Å². The van der Waals surface area contributed by atoms with Crippen molar-refractivity contribution >= 4 is 10.8 Å². The van der Waals surface area contributed by atoms with Crippen molar-refractivity contribution < 1.29 is 5.11 Å². The number of rotatable bonds is 2. The van der Waals surface area contributed by atoms with Crippen LogP contribution in [0.5, 0.6) is 0 Å². The third kappa shape index (κ3) is 1.73. The molecule has 1 heteroatoms. The lowest BCUT2D eigenvalue weighted by atomic mass is 9.61. The maximum atomic E-state index is 10.2. The molecule has 0 radical (unpaired) electrons. The van der Waals surface area contributed by atoms with E-state index in [9.17, 15) is 5.11 Å². The van der Waals surface area contributed by atoms with Gasteiger partial charge in [0.25, 0.3) is 0 Å². The van der Waals surface area contributed by atoms with E-state index in [-0.39, 0.29) is 11.5 Å². The third-order valence-corrected chi connectivity index (χ3v) is 6.31. The molecule has 2 aliphatic carbocycles. The maximum absolute atomic E-state index is 10.2. The van der Waals surface area contributed by atoms with Gasteiger partial charge < -0.3 is 5.11 Å². The van der Waals surface area contributed by atoms with Crippen LogP contribution >= 0.6 is 0 Å². The summed E-state index contributed by atoms with van der Waals surface area (Å²) in [6.45, 7) is 4.74. The van der Waals surface area contributed by atoms with Gasteiger partial charge in [-0.15, -0.1) is 0 Å². The summed E-state index contributed by atoms with van der Waals surface area (Å²) in [5.74, 6) is 1.77. The summed E-state index contributed by atoms with van der Waals surface area (Å²) in [5, 5.41) is 13.0. The Balaban J connectivity index is 1.93. The lowest BCUT2D eigenvalue weighted by molar-refractivity contribution is 0.0674. The largest absolute Gasteiger partial charge is 0.393 e. The number of benzene rings is 2. The SMILES string of the molecule is CC(C)C1(c2cccc3ccccc23)CC2CC1CC2O. The minimum atomic E-state index is -0.0585. The van der Waals surface area contributed by atoms with Gasteiger partial charge in [0.05, 0.1) is 6.10 Å². The first-order valence-electron chi connectivity index (χ1n) is 8.29. The fraction of sp³-hybridized carbons (Fsp3) is 0.500. The Morgan fingerprint density at radius 2 is 1.81 bits per heavy atom. The number of fused-ring (bicyclic) bond motifs is 3. The molecule has 0 aliphatic heterocycles. The van der Waals surface area contributed by atoms with Crippen molar-refractivity contribution in [2.24, 2.45) is 17.8 Å². The summed E-state index contributed by atoms with van der Waals surface area (Å²) in [6, 6.07) is 15.5. The summed E-state index contributed by atoms with van der Waals surface area (Å²) >= 11 is 0. The molecule has 21 heavy (non-hydrogen) atoms. The summed E-state index contributed by atoms with van der Waals surface area (Å²) in [5.41, 5.74) is 1.78. The standard InChI is InChI=1S/C20H24O/c1-13(2)20(12-15-10-16(20)11-19(15)21)18-9-5-7-14-6-3-4-8-17(14)18/h3-9,13,15-16,19,21H,10-12H2,1-2H3. The smallest absolute Gasteiger partial charge is 0.0571 e. The number of hydrogen-bond donors (Lipinski definition) is 1. The lowest BCUT2D eigenvalue weighted by Gasteiger charge is -2.44. The van der Waals surface area contributed by atoms with Crippen LogP contribution in [0.15, 0.2) is 42.5 Å². The molecule has 2 fully saturated rings. The highest BCUT2D eigenvalue weighted by molar-refractivity contribution is 5.86. The van der Waals surface area contributed by atoms with Crippen molar-refractivity contribution in [3.8, 4) is 0 Å². The Hall–Kier alpha value is -1.34. The Kier molecular flexibility index (Phi) is 2.91. The molecule has 1 nitrogen and oxygen atoms in total. The van der Waals surface area contributed by atoms with Crippen LogP contribution in [-0.2, 0) is 5.41 Å². The van der Waals surface area contributed by atoms with Gasteiger partial charge in [-0.2, -0.15) is 0 Å². The molecule has 0 spiro atoms. The zero-order chi connectivity index (χ0) is 14.6. The fourth-order valence-electron chi connectivity index (χ4n) is 5.32. The Morgan fingerprint density at radius 1 is 1.05 bits per heavy atom. The van der Waals surface area contributed by atoms with E-state index in [4.69, 9.17) is 0 Å². The second kappa shape index (κ2) is 4.58. The summed E-state index contributed by atoms with van der Waals surface area (Å²) < 4.78 is 0. The molecule has 2 aromatic carbocycles. The summed E-state index contributed by atoms with van der Waals surface area (Å²) in [7, 11) is 0. The number of aliphatic hydroxyl groups excluding tert-OH is 1. The Bertz CT molecular complexity index is 667. The van der Waals surface area contributed by atoms with Crippen molar-refractivity contribution in [3.63, 3.8) is 0 Å². The van der Waals surface area contributed by atoms with Crippen LogP contribution in [0.3, 0.4) is 0 Å². The molecule has 4 rings (SSSR count). The highest BCUT2D eigenvalue weighted by atomic mass is 16.3. The van der Waals surface area contributed by atoms with Gasteiger partial charge in [-0.05, 0) is 53.4 Å². The van der Waals surface area contributed by atoms with Crippen LogP contribution in [0, 0.1) is 17.8 Å². The van der Waals surface area contributed by atoms with Crippen LogP contribution in [0.2, 0.25) is 0 Å². The molecule has 4 atom stereocenters. The average molecular weight is 280 g/mol. The average Bonchev–Trinajstić information content (AvgIpc) is 3.04. The number of hydrogen-bond acceptors (Lipinski definition) is 1. The molecule has 2 aliphatic rings. The lowest BCUT2D eigenvalue weighted by Crippen LogP contribution is -2.41. The van der Waals surface area contributed by atoms with Gasteiger partial charge in [0.2, 0.25) is 0 Å². The first kappa shape index (κ1) is 13.3. The summed E-state index contributed by atoms with van der Waals surface area (Å²) in [4.78, 5) is 0. The van der Waals surface area contributed by atoms with Gasteiger partial charge in [0.1, 0.15) is 0 Å². The molecule has 0 saturated heterocycles. The molecular formula is C20H24O. The highest BCUT2D eigenvalue weighted by Crippen LogP contribution is 2.61. The molecule has 0 aromatic heterocycles. The van der Waals surface area contributed by atoms with Crippen LogP contribution in [0.25, 0.3) is 10.8 Å². The number of aliphatic hydroxyl groups is 1. The topological polar surface area (TPSA) is 20.2 Å². The molecule has 2 aromatic rings. The van der Waals surface area contributed by atoms with Crippen molar-refractivity contribution in [1.82, 2.24) is 0 Å².